The van der Waals surface area contributed by atoms with Crippen molar-refractivity contribution in [2.45, 2.75) is 18.9 Å². The Hall–Kier alpha value is -0.540. The maximum Gasteiger partial charge on any atom is 0.0628 e. The van der Waals surface area contributed by atoms with Crippen LogP contribution in [-0.4, -0.2) is 11.2 Å². The number of aliphatic hydroxyl groups is 1. The molecule has 2 aromatic rings. The van der Waals surface area contributed by atoms with E-state index in [4.69, 9.17) is 23.2 Å². The molecule has 0 fully saturated rings. The normalized spacial score (nSPS) is 12.6. The molecule has 4 heteroatoms. The molecule has 0 spiro atoms. The van der Waals surface area contributed by atoms with Gasteiger partial charge in [0.05, 0.1) is 16.1 Å². The summed E-state index contributed by atoms with van der Waals surface area (Å²) in [5, 5.41) is 13.1. The van der Waals surface area contributed by atoms with E-state index >= 15 is 0 Å². The molecule has 0 aliphatic carbocycles. The Kier molecular flexibility index (Phi) is 4.46. The number of rotatable bonds is 4. The van der Waals surface area contributed by atoms with Gasteiger partial charge in [0.25, 0.3) is 0 Å². The minimum Gasteiger partial charge on any atom is -0.392 e. The highest BCUT2D eigenvalue weighted by Gasteiger charge is 2.08. The fourth-order valence-electron chi connectivity index (χ4n) is 1.67. The summed E-state index contributed by atoms with van der Waals surface area (Å²) in [6, 6.07) is 9.49. The third kappa shape index (κ3) is 3.71. The van der Waals surface area contributed by atoms with Crippen LogP contribution in [-0.2, 0) is 12.8 Å². The van der Waals surface area contributed by atoms with Crippen molar-refractivity contribution in [1.29, 1.82) is 0 Å². The molecular weight excluding hydrogens is 275 g/mol. The summed E-state index contributed by atoms with van der Waals surface area (Å²) in [6.45, 7) is 0. The average molecular weight is 287 g/mol. The van der Waals surface area contributed by atoms with Crippen molar-refractivity contribution in [3.63, 3.8) is 0 Å². The second-order valence-corrected chi connectivity index (χ2v) is 5.74. The molecule has 1 atom stereocenters. The van der Waals surface area contributed by atoms with E-state index < -0.39 is 0 Å². The van der Waals surface area contributed by atoms with Gasteiger partial charge in [-0.05, 0) is 35.6 Å². The molecule has 90 valence electrons. The quantitative estimate of drug-likeness (QED) is 0.893. The first-order valence-electron chi connectivity index (χ1n) is 5.29. The van der Waals surface area contributed by atoms with Gasteiger partial charge in [0.15, 0.2) is 0 Å². The van der Waals surface area contributed by atoms with Gasteiger partial charge in [0.2, 0.25) is 0 Å². The largest absolute Gasteiger partial charge is 0.392 e. The van der Waals surface area contributed by atoms with Crippen LogP contribution < -0.4 is 0 Å². The second-order valence-electron chi connectivity index (χ2n) is 3.89. The molecule has 1 nitrogen and oxygen atoms in total. The van der Waals surface area contributed by atoms with Gasteiger partial charge in [0.1, 0.15) is 0 Å². The minimum atomic E-state index is -0.383. The Balaban J connectivity index is 1.98. The molecule has 17 heavy (non-hydrogen) atoms. The zero-order valence-corrected chi connectivity index (χ0v) is 11.4. The van der Waals surface area contributed by atoms with Gasteiger partial charge in [-0.1, -0.05) is 35.3 Å². The summed E-state index contributed by atoms with van der Waals surface area (Å²) in [5.74, 6) is 0. The Morgan fingerprint density at radius 1 is 1.12 bits per heavy atom. The first kappa shape index (κ1) is 12.9. The first-order valence-corrected chi connectivity index (χ1v) is 6.93. The van der Waals surface area contributed by atoms with Crippen molar-refractivity contribution < 1.29 is 5.11 Å². The highest BCUT2D eigenvalue weighted by Crippen LogP contribution is 2.23. The molecule has 0 saturated heterocycles. The van der Waals surface area contributed by atoms with Crippen molar-refractivity contribution in [3.8, 4) is 0 Å². The summed E-state index contributed by atoms with van der Waals surface area (Å²) in [6.07, 6.45) is 0.887. The van der Waals surface area contributed by atoms with Crippen molar-refractivity contribution in [1.82, 2.24) is 0 Å². The van der Waals surface area contributed by atoms with Gasteiger partial charge in [-0.15, -0.1) is 11.3 Å². The van der Waals surface area contributed by atoms with Crippen molar-refractivity contribution in [3.05, 3.63) is 56.2 Å². The zero-order valence-electron chi connectivity index (χ0n) is 9.07. The predicted molar refractivity (Wildman–Crippen MR) is 74.2 cm³/mol. The molecule has 0 aliphatic rings. The maximum absolute atomic E-state index is 9.97. The van der Waals surface area contributed by atoms with Gasteiger partial charge in [-0.2, -0.15) is 0 Å². The zero-order chi connectivity index (χ0) is 12.3. The number of thiophene rings is 1. The van der Waals surface area contributed by atoms with Gasteiger partial charge >= 0.3 is 0 Å². The molecule has 0 radical (unpaired) electrons. The number of benzene rings is 1. The van der Waals surface area contributed by atoms with Gasteiger partial charge in [0, 0.05) is 11.3 Å². The van der Waals surface area contributed by atoms with Crippen LogP contribution >= 0.6 is 34.5 Å². The van der Waals surface area contributed by atoms with Crippen LogP contribution in [0.5, 0.6) is 0 Å². The fourth-order valence-corrected chi connectivity index (χ4v) is 2.77. The molecule has 0 amide bonds. The van der Waals surface area contributed by atoms with E-state index in [9.17, 15) is 5.11 Å². The third-order valence-corrected chi connectivity index (χ3v) is 4.11. The number of hydrogen-bond donors (Lipinski definition) is 1. The number of hydrogen-bond acceptors (Lipinski definition) is 2. The van der Waals surface area contributed by atoms with Crippen LogP contribution in [0.15, 0.2) is 35.7 Å². The van der Waals surface area contributed by atoms with E-state index in [2.05, 4.69) is 0 Å². The Bertz CT molecular complexity index is 482. The standard InChI is InChI=1S/C13H12Cl2OS/c14-12-4-3-9(7-13(12)15)6-10(16)8-11-2-1-5-17-11/h1-5,7,10,16H,6,8H2. The minimum absolute atomic E-state index is 0.383. The Morgan fingerprint density at radius 3 is 2.59 bits per heavy atom. The van der Waals surface area contributed by atoms with Crippen molar-refractivity contribution in [2.75, 3.05) is 0 Å². The summed E-state index contributed by atoms with van der Waals surface area (Å²) in [4.78, 5) is 1.19. The molecule has 0 bridgehead atoms. The molecule has 1 heterocycles. The van der Waals surface area contributed by atoms with Crippen LogP contribution in [0.3, 0.4) is 0 Å². The smallest absolute Gasteiger partial charge is 0.0628 e. The lowest BCUT2D eigenvalue weighted by Gasteiger charge is -2.10. The van der Waals surface area contributed by atoms with Crippen LogP contribution in [0.4, 0.5) is 0 Å². The van der Waals surface area contributed by atoms with Crippen LogP contribution in [0.2, 0.25) is 10.0 Å². The van der Waals surface area contributed by atoms with Crippen molar-refractivity contribution in [2.24, 2.45) is 0 Å². The first-order chi connectivity index (χ1) is 8.15. The lowest BCUT2D eigenvalue weighted by molar-refractivity contribution is 0.176. The number of halogens is 2. The lowest BCUT2D eigenvalue weighted by Crippen LogP contribution is -2.13. The average Bonchev–Trinajstić information content (AvgIpc) is 2.76. The molecule has 0 aliphatic heterocycles. The van der Waals surface area contributed by atoms with Crippen molar-refractivity contribution >= 4 is 34.5 Å². The van der Waals surface area contributed by atoms with Gasteiger partial charge in [-0.25, -0.2) is 0 Å². The van der Waals surface area contributed by atoms with Gasteiger partial charge < -0.3 is 5.11 Å². The predicted octanol–water partition coefficient (Wildman–Crippen LogP) is 4.20. The van der Waals surface area contributed by atoms with E-state index in [1.807, 2.05) is 29.6 Å². The molecule has 1 unspecified atom stereocenters. The molecule has 1 N–H and O–H groups in total. The van der Waals surface area contributed by atoms with Crippen LogP contribution in [0.1, 0.15) is 10.4 Å². The lowest BCUT2D eigenvalue weighted by atomic mass is 10.1. The van der Waals surface area contributed by atoms with Crippen LogP contribution in [0.25, 0.3) is 0 Å². The highest BCUT2D eigenvalue weighted by molar-refractivity contribution is 7.09. The molecule has 0 saturated carbocycles. The van der Waals surface area contributed by atoms with E-state index in [1.165, 1.54) is 4.88 Å². The van der Waals surface area contributed by atoms with E-state index in [-0.39, 0.29) is 6.10 Å². The molecular formula is C13H12Cl2OS. The summed E-state index contributed by atoms with van der Waals surface area (Å²) in [5.41, 5.74) is 1.00. The van der Waals surface area contributed by atoms with E-state index in [0.717, 1.165) is 5.56 Å². The Labute approximate surface area is 115 Å². The molecule has 1 aromatic carbocycles. The number of aliphatic hydroxyl groups excluding tert-OH is 1. The fraction of sp³-hybridized carbons (Fsp3) is 0.231. The SMILES string of the molecule is OC(Cc1ccc(Cl)c(Cl)c1)Cc1cccs1. The highest BCUT2D eigenvalue weighted by atomic mass is 35.5. The topological polar surface area (TPSA) is 20.2 Å². The maximum atomic E-state index is 9.97. The Morgan fingerprint density at radius 2 is 1.94 bits per heavy atom. The van der Waals surface area contributed by atoms with E-state index in [1.54, 1.807) is 17.4 Å². The third-order valence-electron chi connectivity index (χ3n) is 2.47. The molecule has 2 rings (SSSR count). The van der Waals surface area contributed by atoms with E-state index in [0.29, 0.717) is 22.9 Å². The second kappa shape index (κ2) is 5.87. The van der Waals surface area contributed by atoms with Crippen LogP contribution in [0, 0.1) is 0 Å². The van der Waals surface area contributed by atoms with Gasteiger partial charge in [-0.3, -0.25) is 0 Å². The summed E-state index contributed by atoms with van der Waals surface area (Å²) >= 11 is 13.4. The molecule has 1 aromatic heterocycles. The summed E-state index contributed by atoms with van der Waals surface area (Å²) < 4.78 is 0. The monoisotopic (exact) mass is 286 g/mol. The summed E-state index contributed by atoms with van der Waals surface area (Å²) in [7, 11) is 0.